The quantitative estimate of drug-likeness (QED) is 0.560. The predicted octanol–water partition coefficient (Wildman–Crippen LogP) is 2.06. The van der Waals surface area contributed by atoms with Gasteiger partial charge in [-0.3, -0.25) is 0 Å². The normalized spacial score (nSPS) is 13.3. The van der Waals surface area contributed by atoms with Crippen molar-refractivity contribution < 1.29 is 18.3 Å². The molecule has 0 heterocycles. The summed E-state index contributed by atoms with van der Waals surface area (Å²) in [5, 5.41) is 3.30. The molecule has 0 saturated carbocycles. The van der Waals surface area contributed by atoms with Gasteiger partial charge in [-0.2, -0.15) is 0 Å². The van der Waals surface area contributed by atoms with Crippen molar-refractivity contribution in [2.24, 2.45) is 0 Å². The fraction of sp³-hybridized carbons (Fsp3) is 1.00. The van der Waals surface area contributed by atoms with Crippen LogP contribution in [0.4, 0.5) is 8.78 Å². The minimum absolute atomic E-state index is 0.192. The van der Waals surface area contributed by atoms with Crippen LogP contribution in [-0.4, -0.2) is 45.4 Å². The number of ether oxygens (including phenoxy) is 2. The first-order valence-electron chi connectivity index (χ1n) is 5.87. The molecule has 16 heavy (non-hydrogen) atoms. The van der Waals surface area contributed by atoms with Crippen molar-refractivity contribution in [2.45, 2.75) is 39.2 Å². The van der Waals surface area contributed by atoms with Gasteiger partial charge >= 0.3 is 0 Å². The van der Waals surface area contributed by atoms with Crippen molar-refractivity contribution in [1.29, 1.82) is 0 Å². The van der Waals surface area contributed by atoms with E-state index in [4.69, 9.17) is 9.47 Å². The molecule has 0 radical (unpaired) electrons. The smallest absolute Gasteiger partial charge is 0.261 e. The van der Waals surface area contributed by atoms with Crippen molar-refractivity contribution in [3.63, 3.8) is 0 Å². The van der Waals surface area contributed by atoms with Gasteiger partial charge in [0.2, 0.25) is 0 Å². The Hall–Kier alpha value is -0.260. The van der Waals surface area contributed by atoms with Gasteiger partial charge < -0.3 is 14.8 Å². The van der Waals surface area contributed by atoms with Crippen LogP contribution in [0.3, 0.4) is 0 Å². The van der Waals surface area contributed by atoms with E-state index in [0.29, 0.717) is 26.2 Å². The zero-order valence-corrected chi connectivity index (χ0v) is 10.2. The molecule has 3 nitrogen and oxygen atoms in total. The second-order valence-electron chi connectivity index (χ2n) is 3.57. The van der Waals surface area contributed by atoms with E-state index in [1.807, 2.05) is 6.92 Å². The molecule has 1 N–H and O–H groups in total. The summed E-state index contributed by atoms with van der Waals surface area (Å²) in [5.74, 6) is 0. The Kier molecular flexibility index (Phi) is 11.0. The third kappa shape index (κ3) is 10.3. The first kappa shape index (κ1) is 15.7. The van der Waals surface area contributed by atoms with E-state index in [1.54, 1.807) is 0 Å². The first-order chi connectivity index (χ1) is 7.70. The highest BCUT2D eigenvalue weighted by Crippen LogP contribution is 1.98. The average Bonchev–Trinajstić information content (AvgIpc) is 2.26. The maximum atomic E-state index is 11.8. The number of alkyl halides is 2. The summed E-state index contributed by atoms with van der Waals surface area (Å²) in [6, 6.07) is 0.192. The highest BCUT2D eigenvalue weighted by molar-refractivity contribution is 4.65. The summed E-state index contributed by atoms with van der Waals surface area (Å²) in [5.41, 5.74) is 0. The molecule has 0 aliphatic rings. The van der Waals surface area contributed by atoms with Crippen LogP contribution < -0.4 is 5.32 Å². The minimum Gasteiger partial charge on any atom is -0.380 e. The molecule has 0 aromatic rings. The summed E-state index contributed by atoms with van der Waals surface area (Å²) in [6.45, 7) is 6.07. The van der Waals surface area contributed by atoms with Crippen LogP contribution in [0.2, 0.25) is 0 Å². The molecular formula is C11H23F2NO2. The zero-order valence-electron chi connectivity index (χ0n) is 10.2. The van der Waals surface area contributed by atoms with Gasteiger partial charge in [0.05, 0.1) is 6.61 Å². The third-order valence-electron chi connectivity index (χ3n) is 2.06. The minimum atomic E-state index is -2.38. The monoisotopic (exact) mass is 239 g/mol. The van der Waals surface area contributed by atoms with Gasteiger partial charge in [-0.05, 0) is 26.3 Å². The van der Waals surface area contributed by atoms with E-state index in [-0.39, 0.29) is 6.04 Å². The highest BCUT2D eigenvalue weighted by atomic mass is 19.3. The molecule has 0 amide bonds. The van der Waals surface area contributed by atoms with E-state index in [9.17, 15) is 8.78 Å². The molecule has 1 atom stereocenters. The Morgan fingerprint density at radius 2 is 1.88 bits per heavy atom. The Morgan fingerprint density at radius 3 is 2.44 bits per heavy atom. The van der Waals surface area contributed by atoms with E-state index in [0.717, 1.165) is 13.0 Å². The topological polar surface area (TPSA) is 30.5 Å². The Morgan fingerprint density at radius 1 is 1.12 bits per heavy atom. The van der Waals surface area contributed by atoms with Gasteiger partial charge in [-0.15, -0.1) is 0 Å². The fourth-order valence-electron chi connectivity index (χ4n) is 1.25. The van der Waals surface area contributed by atoms with Gasteiger partial charge in [-0.1, -0.05) is 6.92 Å². The summed E-state index contributed by atoms with van der Waals surface area (Å²) < 4.78 is 33.7. The number of rotatable bonds is 11. The SMILES string of the molecule is CCCNC(CCOCC(F)F)COCC. The van der Waals surface area contributed by atoms with Gasteiger partial charge in [0, 0.05) is 19.3 Å². The van der Waals surface area contributed by atoms with Crippen molar-refractivity contribution in [3.8, 4) is 0 Å². The molecule has 0 spiro atoms. The third-order valence-corrected chi connectivity index (χ3v) is 2.06. The molecule has 1 unspecified atom stereocenters. The maximum Gasteiger partial charge on any atom is 0.261 e. The van der Waals surface area contributed by atoms with Crippen LogP contribution in [0.5, 0.6) is 0 Å². The van der Waals surface area contributed by atoms with Crippen LogP contribution in [0, 0.1) is 0 Å². The second kappa shape index (κ2) is 11.2. The molecule has 0 fully saturated rings. The van der Waals surface area contributed by atoms with Crippen LogP contribution in [0.25, 0.3) is 0 Å². The Balaban J connectivity index is 3.56. The molecule has 0 aliphatic heterocycles. The molecule has 0 aromatic heterocycles. The number of nitrogens with one attached hydrogen (secondary N) is 1. The molecule has 0 bridgehead atoms. The molecule has 5 heteroatoms. The molecule has 0 aliphatic carbocycles. The van der Waals surface area contributed by atoms with Crippen LogP contribution >= 0.6 is 0 Å². The average molecular weight is 239 g/mol. The van der Waals surface area contributed by atoms with Crippen molar-refractivity contribution in [1.82, 2.24) is 5.32 Å². The van der Waals surface area contributed by atoms with E-state index in [2.05, 4.69) is 12.2 Å². The first-order valence-corrected chi connectivity index (χ1v) is 5.87. The van der Waals surface area contributed by atoms with E-state index in [1.165, 1.54) is 0 Å². The Bertz CT molecular complexity index is 140. The standard InChI is InChI=1S/C11H23F2NO2/c1-3-6-14-10(8-15-4-2)5-7-16-9-11(12)13/h10-11,14H,3-9H2,1-2H3. The molecule has 0 saturated heterocycles. The van der Waals surface area contributed by atoms with E-state index < -0.39 is 13.0 Å². The number of hydrogen-bond donors (Lipinski definition) is 1. The van der Waals surface area contributed by atoms with Gasteiger partial charge in [0.1, 0.15) is 6.61 Å². The highest BCUT2D eigenvalue weighted by Gasteiger charge is 2.08. The second-order valence-corrected chi connectivity index (χ2v) is 3.57. The van der Waals surface area contributed by atoms with Crippen LogP contribution in [0.1, 0.15) is 26.7 Å². The zero-order chi connectivity index (χ0) is 12.2. The van der Waals surface area contributed by atoms with Crippen LogP contribution in [0.15, 0.2) is 0 Å². The maximum absolute atomic E-state index is 11.8. The summed E-state index contributed by atoms with van der Waals surface area (Å²) in [7, 11) is 0. The summed E-state index contributed by atoms with van der Waals surface area (Å²) >= 11 is 0. The number of halogens is 2. The Labute approximate surface area is 96.5 Å². The summed E-state index contributed by atoms with van der Waals surface area (Å²) in [4.78, 5) is 0. The molecule has 0 rings (SSSR count). The number of hydrogen-bond acceptors (Lipinski definition) is 3. The molecular weight excluding hydrogens is 216 g/mol. The lowest BCUT2D eigenvalue weighted by Gasteiger charge is -2.18. The predicted molar refractivity (Wildman–Crippen MR) is 60.0 cm³/mol. The van der Waals surface area contributed by atoms with E-state index >= 15 is 0 Å². The van der Waals surface area contributed by atoms with Crippen molar-refractivity contribution in [2.75, 3.05) is 33.0 Å². The van der Waals surface area contributed by atoms with Crippen LogP contribution in [-0.2, 0) is 9.47 Å². The lowest BCUT2D eigenvalue weighted by Crippen LogP contribution is -2.35. The van der Waals surface area contributed by atoms with Gasteiger partial charge in [0.25, 0.3) is 6.43 Å². The lowest BCUT2D eigenvalue weighted by atomic mass is 10.2. The van der Waals surface area contributed by atoms with Crippen molar-refractivity contribution >= 4 is 0 Å². The summed E-state index contributed by atoms with van der Waals surface area (Å²) in [6.07, 6.45) is -0.637. The fourth-order valence-corrected chi connectivity index (χ4v) is 1.25. The van der Waals surface area contributed by atoms with Crippen molar-refractivity contribution in [3.05, 3.63) is 0 Å². The lowest BCUT2D eigenvalue weighted by molar-refractivity contribution is 0.0108. The van der Waals surface area contributed by atoms with Gasteiger partial charge in [0.15, 0.2) is 0 Å². The largest absolute Gasteiger partial charge is 0.380 e. The molecule has 0 aromatic carbocycles. The van der Waals surface area contributed by atoms with Gasteiger partial charge in [-0.25, -0.2) is 8.78 Å². The molecule has 98 valence electrons.